The largest absolute Gasteiger partial charge is 0.463 e. The summed E-state index contributed by atoms with van der Waals surface area (Å²) in [7, 11) is 1.69. The van der Waals surface area contributed by atoms with Gasteiger partial charge in [-0.1, -0.05) is 60.5 Å². The Bertz CT molecular complexity index is 638. The molecule has 1 rings (SSSR count). The number of amides is 2. The Labute approximate surface area is 202 Å². The monoisotopic (exact) mass is 467 g/mol. The maximum atomic E-state index is 13.2. The minimum atomic E-state index is -0.642. The van der Waals surface area contributed by atoms with E-state index in [9.17, 15) is 14.4 Å². The van der Waals surface area contributed by atoms with Gasteiger partial charge in [0.1, 0.15) is 6.04 Å². The molecule has 0 aromatic heterocycles. The topological polar surface area (TPSA) is 79.0 Å². The van der Waals surface area contributed by atoms with Crippen molar-refractivity contribution in [3.05, 3.63) is 11.6 Å². The third-order valence-electron chi connectivity index (χ3n) is 5.47. The maximum absolute atomic E-state index is 13.2. The summed E-state index contributed by atoms with van der Waals surface area (Å²) in [5, 5.41) is 3.04. The Kier molecular flexibility index (Phi) is 15.0. The van der Waals surface area contributed by atoms with Crippen molar-refractivity contribution in [2.45, 2.75) is 99.6 Å². The number of rotatable bonds is 9. The van der Waals surface area contributed by atoms with Crippen LogP contribution in [0.2, 0.25) is 0 Å². The van der Waals surface area contributed by atoms with Gasteiger partial charge in [-0.15, -0.1) is 0 Å². The lowest BCUT2D eigenvalue weighted by Gasteiger charge is -2.38. The lowest BCUT2D eigenvalue weighted by molar-refractivity contribution is -0.140. The molecule has 2 unspecified atom stereocenters. The number of carbonyl (C=O) groups is 3. The molecule has 7 heteroatoms. The normalized spacial score (nSPS) is 18.0. The second-order valence-electron chi connectivity index (χ2n) is 9.89. The molecular formula is C26H49N3O4. The predicted molar refractivity (Wildman–Crippen MR) is 135 cm³/mol. The minimum Gasteiger partial charge on any atom is -0.463 e. The Morgan fingerprint density at radius 2 is 1.76 bits per heavy atom. The van der Waals surface area contributed by atoms with E-state index >= 15 is 0 Å². The van der Waals surface area contributed by atoms with Crippen molar-refractivity contribution in [1.29, 1.82) is 0 Å². The molecule has 1 N–H and O–H groups in total. The van der Waals surface area contributed by atoms with Gasteiger partial charge in [-0.2, -0.15) is 0 Å². The van der Waals surface area contributed by atoms with E-state index in [1.165, 1.54) is 6.42 Å². The van der Waals surface area contributed by atoms with Crippen LogP contribution in [0.3, 0.4) is 0 Å². The molecule has 0 aromatic carbocycles. The SMILES string of the molecule is CCC.CCCN1CCCCC1C(=O)NC(C(=O)N(C)C/C=C(\C)C(=O)OCC)C(C)(C)C. The van der Waals surface area contributed by atoms with E-state index in [0.717, 1.165) is 38.8 Å². The van der Waals surface area contributed by atoms with Crippen LogP contribution in [0.25, 0.3) is 0 Å². The van der Waals surface area contributed by atoms with Crippen LogP contribution in [-0.4, -0.2) is 73.0 Å². The van der Waals surface area contributed by atoms with Gasteiger partial charge >= 0.3 is 5.97 Å². The molecule has 0 bridgehead atoms. The van der Waals surface area contributed by atoms with Gasteiger partial charge in [0.2, 0.25) is 11.8 Å². The second-order valence-corrected chi connectivity index (χ2v) is 9.89. The van der Waals surface area contributed by atoms with Crippen molar-refractivity contribution in [3.63, 3.8) is 0 Å². The Hall–Kier alpha value is -1.89. The fourth-order valence-electron chi connectivity index (χ4n) is 3.64. The highest BCUT2D eigenvalue weighted by Crippen LogP contribution is 2.23. The number of piperidine rings is 1. The first-order valence-electron chi connectivity index (χ1n) is 12.6. The number of likely N-dealkylation sites (N-methyl/N-ethyl adjacent to an activating group) is 1. The van der Waals surface area contributed by atoms with E-state index in [-0.39, 0.29) is 30.4 Å². The van der Waals surface area contributed by atoms with Crippen LogP contribution in [0, 0.1) is 5.41 Å². The summed E-state index contributed by atoms with van der Waals surface area (Å²) in [5.41, 5.74) is 0.0239. The van der Waals surface area contributed by atoms with Gasteiger partial charge in [-0.3, -0.25) is 14.5 Å². The van der Waals surface area contributed by atoms with Crippen LogP contribution in [-0.2, 0) is 19.1 Å². The van der Waals surface area contributed by atoms with Crippen LogP contribution in [0.5, 0.6) is 0 Å². The summed E-state index contributed by atoms with van der Waals surface area (Å²) in [4.78, 5) is 41.8. The quantitative estimate of drug-likeness (QED) is 0.407. The molecule has 0 aliphatic carbocycles. The first kappa shape index (κ1) is 31.1. The molecule has 0 saturated carbocycles. The number of hydrogen-bond donors (Lipinski definition) is 1. The van der Waals surface area contributed by atoms with E-state index in [0.29, 0.717) is 12.2 Å². The summed E-state index contributed by atoms with van der Waals surface area (Å²) in [5.74, 6) is -0.614. The highest BCUT2D eigenvalue weighted by atomic mass is 16.5. The third kappa shape index (κ3) is 11.2. The van der Waals surface area contributed by atoms with Crippen LogP contribution < -0.4 is 5.32 Å². The number of esters is 1. The van der Waals surface area contributed by atoms with E-state index in [2.05, 4.69) is 31.0 Å². The molecule has 0 radical (unpaired) electrons. The lowest BCUT2D eigenvalue weighted by Crippen LogP contribution is -2.58. The smallest absolute Gasteiger partial charge is 0.333 e. The molecule has 1 saturated heterocycles. The number of ether oxygens (including phenoxy) is 1. The van der Waals surface area contributed by atoms with Crippen molar-refractivity contribution in [1.82, 2.24) is 15.1 Å². The average molecular weight is 468 g/mol. The van der Waals surface area contributed by atoms with E-state index in [1.54, 1.807) is 31.9 Å². The van der Waals surface area contributed by atoms with Gasteiger partial charge in [0.05, 0.1) is 12.6 Å². The molecule has 2 atom stereocenters. The van der Waals surface area contributed by atoms with Gasteiger partial charge in [0.15, 0.2) is 0 Å². The summed E-state index contributed by atoms with van der Waals surface area (Å²) in [6.45, 7) is 18.1. The molecule has 1 fully saturated rings. The summed E-state index contributed by atoms with van der Waals surface area (Å²) < 4.78 is 4.98. The average Bonchev–Trinajstić information content (AvgIpc) is 2.75. The predicted octanol–water partition coefficient (Wildman–Crippen LogP) is 4.17. The molecule has 2 amide bonds. The van der Waals surface area contributed by atoms with Crippen molar-refractivity contribution in [2.24, 2.45) is 5.41 Å². The molecule has 0 spiro atoms. The van der Waals surface area contributed by atoms with Gasteiger partial charge in [0, 0.05) is 19.2 Å². The fourth-order valence-corrected chi connectivity index (χ4v) is 3.64. The van der Waals surface area contributed by atoms with Crippen molar-refractivity contribution >= 4 is 17.8 Å². The highest BCUT2D eigenvalue weighted by molar-refractivity contribution is 5.91. The molecular weight excluding hydrogens is 418 g/mol. The van der Waals surface area contributed by atoms with Crippen LogP contribution in [0.4, 0.5) is 0 Å². The lowest BCUT2D eigenvalue weighted by atomic mass is 9.85. The van der Waals surface area contributed by atoms with Gasteiger partial charge < -0.3 is 15.0 Å². The summed E-state index contributed by atoms with van der Waals surface area (Å²) >= 11 is 0. The van der Waals surface area contributed by atoms with E-state index < -0.39 is 11.5 Å². The number of nitrogens with zero attached hydrogens (tertiary/aromatic N) is 2. The van der Waals surface area contributed by atoms with Crippen LogP contribution in [0.15, 0.2) is 11.6 Å². The molecule has 1 aliphatic rings. The standard InChI is InChI=1S/C23H41N3O4.C3H8/c1-8-14-26-15-11-10-12-18(26)20(27)24-19(23(4,5)6)21(28)25(7)16-13-17(3)22(29)30-9-2;1-3-2/h13,18-19H,8-12,14-16H2,1-7H3,(H,24,27);3H2,1-2H3/b17-13+;. The number of likely N-dealkylation sites (tertiary alicyclic amines) is 1. The molecule has 1 aliphatic heterocycles. The van der Waals surface area contributed by atoms with Crippen molar-refractivity contribution in [2.75, 3.05) is 33.3 Å². The van der Waals surface area contributed by atoms with E-state index in [4.69, 9.17) is 4.74 Å². The van der Waals surface area contributed by atoms with Gasteiger partial charge in [-0.25, -0.2) is 4.79 Å². The summed E-state index contributed by atoms with van der Waals surface area (Å²) in [6, 6.07) is -0.815. The number of nitrogens with one attached hydrogen (secondary N) is 1. The van der Waals surface area contributed by atoms with Crippen LogP contribution >= 0.6 is 0 Å². The molecule has 33 heavy (non-hydrogen) atoms. The fraction of sp³-hybridized carbons (Fsp3) is 0.808. The zero-order chi connectivity index (χ0) is 25.6. The molecule has 0 aromatic rings. The number of hydrogen-bond acceptors (Lipinski definition) is 5. The summed E-state index contributed by atoms with van der Waals surface area (Å²) in [6.07, 6.45) is 6.90. The van der Waals surface area contributed by atoms with Gasteiger partial charge in [-0.05, 0) is 51.6 Å². The third-order valence-corrected chi connectivity index (χ3v) is 5.47. The highest BCUT2D eigenvalue weighted by Gasteiger charge is 2.37. The Morgan fingerprint density at radius 1 is 1.15 bits per heavy atom. The first-order chi connectivity index (χ1) is 15.4. The maximum Gasteiger partial charge on any atom is 0.333 e. The van der Waals surface area contributed by atoms with Crippen molar-refractivity contribution < 1.29 is 19.1 Å². The molecule has 1 heterocycles. The molecule has 192 valence electrons. The first-order valence-corrected chi connectivity index (χ1v) is 12.6. The molecule has 7 nitrogen and oxygen atoms in total. The Balaban J connectivity index is 0.00000322. The second kappa shape index (κ2) is 15.9. The Morgan fingerprint density at radius 3 is 2.27 bits per heavy atom. The number of carbonyl (C=O) groups excluding carboxylic acids is 3. The van der Waals surface area contributed by atoms with Crippen LogP contribution in [0.1, 0.15) is 87.5 Å². The van der Waals surface area contributed by atoms with Gasteiger partial charge in [0.25, 0.3) is 0 Å². The van der Waals surface area contributed by atoms with E-state index in [1.807, 2.05) is 20.8 Å². The minimum absolute atomic E-state index is 0.0666. The zero-order valence-corrected chi connectivity index (χ0v) is 22.6. The van der Waals surface area contributed by atoms with Crippen molar-refractivity contribution in [3.8, 4) is 0 Å². The zero-order valence-electron chi connectivity index (χ0n) is 22.6.